The molecule has 0 radical (unpaired) electrons. The van der Waals surface area contributed by atoms with Crippen LogP contribution < -0.4 is 10.1 Å². The SMILES string of the molecule is COc1ccccc1CNC(c1cccs1)C1CCCC1. The molecule has 3 rings (SSSR count). The second kappa shape index (κ2) is 7.10. The highest BCUT2D eigenvalue weighted by molar-refractivity contribution is 7.10. The minimum Gasteiger partial charge on any atom is -0.496 e. The molecule has 0 amide bonds. The van der Waals surface area contributed by atoms with Crippen molar-refractivity contribution in [3.05, 3.63) is 52.2 Å². The van der Waals surface area contributed by atoms with Crippen molar-refractivity contribution >= 4 is 11.3 Å². The Morgan fingerprint density at radius 3 is 2.71 bits per heavy atom. The summed E-state index contributed by atoms with van der Waals surface area (Å²) >= 11 is 1.87. The summed E-state index contributed by atoms with van der Waals surface area (Å²) in [5, 5.41) is 5.97. The quantitative estimate of drug-likeness (QED) is 0.829. The van der Waals surface area contributed by atoms with Gasteiger partial charge in [0.25, 0.3) is 0 Å². The topological polar surface area (TPSA) is 21.3 Å². The molecule has 3 heteroatoms. The maximum Gasteiger partial charge on any atom is 0.123 e. The highest BCUT2D eigenvalue weighted by Crippen LogP contribution is 2.37. The van der Waals surface area contributed by atoms with E-state index in [0.29, 0.717) is 6.04 Å². The molecule has 0 bridgehead atoms. The van der Waals surface area contributed by atoms with Gasteiger partial charge in [0.15, 0.2) is 0 Å². The van der Waals surface area contributed by atoms with E-state index < -0.39 is 0 Å². The molecule has 1 unspecified atom stereocenters. The van der Waals surface area contributed by atoms with E-state index in [1.54, 1.807) is 7.11 Å². The molecule has 1 saturated carbocycles. The molecule has 0 aliphatic heterocycles. The second-order valence-corrected chi connectivity index (χ2v) is 6.71. The summed E-state index contributed by atoms with van der Waals surface area (Å²) in [6.07, 6.45) is 5.45. The van der Waals surface area contributed by atoms with Gasteiger partial charge >= 0.3 is 0 Å². The Hall–Kier alpha value is -1.32. The van der Waals surface area contributed by atoms with Crippen LogP contribution in [0.5, 0.6) is 5.75 Å². The lowest BCUT2D eigenvalue weighted by molar-refractivity contribution is 0.363. The monoisotopic (exact) mass is 301 g/mol. The molecule has 2 aromatic rings. The van der Waals surface area contributed by atoms with Gasteiger partial charge in [-0.3, -0.25) is 0 Å². The Labute approximate surface area is 131 Å². The van der Waals surface area contributed by atoms with Gasteiger partial charge in [0.1, 0.15) is 5.75 Å². The number of ether oxygens (including phenoxy) is 1. The van der Waals surface area contributed by atoms with Crippen molar-refractivity contribution in [2.24, 2.45) is 5.92 Å². The number of hydrogen-bond donors (Lipinski definition) is 1. The van der Waals surface area contributed by atoms with Crippen molar-refractivity contribution in [3.63, 3.8) is 0 Å². The molecular formula is C18H23NOS. The number of thiophene rings is 1. The van der Waals surface area contributed by atoms with E-state index >= 15 is 0 Å². The molecule has 112 valence electrons. The van der Waals surface area contributed by atoms with Crippen LogP contribution in [-0.2, 0) is 6.54 Å². The summed E-state index contributed by atoms with van der Waals surface area (Å²) in [6.45, 7) is 0.864. The van der Waals surface area contributed by atoms with Gasteiger partial charge in [-0.2, -0.15) is 0 Å². The Morgan fingerprint density at radius 2 is 2.00 bits per heavy atom. The minimum atomic E-state index is 0.484. The van der Waals surface area contributed by atoms with Crippen LogP contribution in [0.1, 0.15) is 42.2 Å². The third kappa shape index (κ3) is 3.47. The molecule has 21 heavy (non-hydrogen) atoms. The van der Waals surface area contributed by atoms with Crippen LogP contribution in [0.15, 0.2) is 41.8 Å². The van der Waals surface area contributed by atoms with Gasteiger partial charge in [0.05, 0.1) is 7.11 Å². The first-order valence-corrected chi connectivity index (χ1v) is 8.65. The zero-order valence-electron chi connectivity index (χ0n) is 12.5. The molecular weight excluding hydrogens is 278 g/mol. The Bertz CT molecular complexity index is 546. The van der Waals surface area contributed by atoms with Crippen molar-refractivity contribution < 1.29 is 4.74 Å². The lowest BCUT2D eigenvalue weighted by atomic mass is 9.96. The first kappa shape index (κ1) is 14.6. The summed E-state index contributed by atoms with van der Waals surface area (Å²) < 4.78 is 5.46. The molecule has 0 saturated heterocycles. The number of hydrogen-bond acceptors (Lipinski definition) is 3. The normalized spacial score (nSPS) is 17.0. The van der Waals surface area contributed by atoms with Crippen LogP contribution >= 0.6 is 11.3 Å². The van der Waals surface area contributed by atoms with E-state index in [-0.39, 0.29) is 0 Å². The summed E-state index contributed by atoms with van der Waals surface area (Å²) in [7, 11) is 1.74. The summed E-state index contributed by atoms with van der Waals surface area (Å²) in [6, 6.07) is 13.2. The van der Waals surface area contributed by atoms with E-state index in [2.05, 4.69) is 35.0 Å². The fourth-order valence-corrected chi connectivity index (χ4v) is 4.22. The molecule has 1 N–H and O–H groups in total. The second-order valence-electron chi connectivity index (χ2n) is 5.73. The predicted molar refractivity (Wildman–Crippen MR) is 88.9 cm³/mol. The standard InChI is InChI=1S/C18H23NOS/c1-20-16-10-5-4-9-15(16)13-19-18(14-7-2-3-8-14)17-11-6-12-21-17/h4-6,9-12,14,18-19H,2-3,7-8,13H2,1H3. The van der Waals surface area contributed by atoms with E-state index in [9.17, 15) is 0 Å². The number of benzene rings is 1. The fourth-order valence-electron chi connectivity index (χ4n) is 3.33. The van der Waals surface area contributed by atoms with Gasteiger partial charge in [-0.1, -0.05) is 37.1 Å². The van der Waals surface area contributed by atoms with Crippen LogP contribution in [-0.4, -0.2) is 7.11 Å². The lowest BCUT2D eigenvalue weighted by Crippen LogP contribution is -2.26. The van der Waals surface area contributed by atoms with Crippen LogP contribution in [0.2, 0.25) is 0 Å². The number of methoxy groups -OCH3 is 1. The van der Waals surface area contributed by atoms with E-state index in [4.69, 9.17) is 4.74 Å². The lowest BCUT2D eigenvalue weighted by Gasteiger charge is -2.24. The first-order chi connectivity index (χ1) is 10.4. The highest BCUT2D eigenvalue weighted by atomic mass is 32.1. The van der Waals surface area contributed by atoms with E-state index in [0.717, 1.165) is 18.2 Å². The zero-order valence-corrected chi connectivity index (χ0v) is 13.4. The third-order valence-electron chi connectivity index (χ3n) is 4.43. The third-order valence-corrected chi connectivity index (χ3v) is 5.38. The summed E-state index contributed by atoms with van der Waals surface area (Å²) in [5.41, 5.74) is 1.24. The van der Waals surface area contributed by atoms with Gasteiger partial charge < -0.3 is 10.1 Å². The Morgan fingerprint density at radius 1 is 1.19 bits per heavy atom. The van der Waals surface area contributed by atoms with E-state index in [1.807, 2.05) is 23.5 Å². The number of nitrogens with one attached hydrogen (secondary N) is 1. The molecule has 1 heterocycles. The number of rotatable bonds is 6. The van der Waals surface area contributed by atoms with Crippen LogP contribution in [0.3, 0.4) is 0 Å². The zero-order chi connectivity index (χ0) is 14.5. The molecule has 1 aliphatic carbocycles. The molecule has 1 atom stereocenters. The van der Waals surface area contributed by atoms with Crippen LogP contribution in [0.4, 0.5) is 0 Å². The average Bonchev–Trinajstić information content (AvgIpc) is 3.22. The fraction of sp³-hybridized carbons (Fsp3) is 0.444. The van der Waals surface area contributed by atoms with Crippen LogP contribution in [0, 0.1) is 5.92 Å². The minimum absolute atomic E-state index is 0.484. The predicted octanol–water partition coefficient (Wildman–Crippen LogP) is 4.78. The smallest absolute Gasteiger partial charge is 0.123 e. The molecule has 1 aromatic heterocycles. The maximum atomic E-state index is 5.46. The van der Waals surface area contributed by atoms with Gasteiger partial charge in [-0.15, -0.1) is 11.3 Å². The molecule has 0 spiro atoms. The van der Waals surface area contributed by atoms with Gasteiger partial charge in [0, 0.05) is 23.0 Å². The van der Waals surface area contributed by atoms with Crippen molar-refractivity contribution in [1.29, 1.82) is 0 Å². The summed E-state index contributed by atoms with van der Waals surface area (Å²) in [5.74, 6) is 1.75. The van der Waals surface area contributed by atoms with E-state index in [1.165, 1.54) is 36.1 Å². The Kier molecular flexibility index (Phi) is 4.94. The first-order valence-electron chi connectivity index (χ1n) is 7.77. The van der Waals surface area contributed by atoms with Crippen molar-refractivity contribution in [1.82, 2.24) is 5.32 Å². The maximum absolute atomic E-state index is 5.46. The summed E-state index contributed by atoms with van der Waals surface area (Å²) in [4.78, 5) is 1.47. The molecule has 1 aromatic carbocycles. The molecule has 1 aliphatic rings. The van der Waals surface area contributed by atoms with Gasteiger partial charge in [0.2, 0.25) is 0 Å². The van der Waals surface area contributed by atoms with Gasteiger partial charge in [-0.05, 0) is 36.3 Å². The van der Waals surface area contributed by atoms with Crippen LogP contribution in [0.25, 0.3) is 0 Å². The molecule has 1 fully saturated rings. The average molecular weight is 301 g/mol. The highest BCUT2D eigenvalue weighted by Gasteiger charge is 2.26. The molecule has 2 nitrogen and oxygen atoms in total. The van der Waals surface area contributed by atoms with Crippen molar-refractivity contribution in [2.45, 2.75) is 38.3 Å². The largest absolute Gasteiger partial charge is 0.496 e. The van der Waals surface area contributed by atoms with Crippen molar-refractivity contribution in [2.75, 3.05) is 7.11 Å². The Balaban J connectivity index is 1.72. The van der Waals surface area contributed by atoms with Gasteiger partial charge in [-0.25, -0.2) is 0 Å². The number of para-hydroxylation sites is 1. The van der Waals surface area contributed by atoms with Crippen molar-refractivity contribution in [3.8, 4) is 5.75 Å².